The summed E-state index contributed by atoms with van der Waals surface area (Å²) in [6.07, 6.45) is 3.30. The lowest BCUT2D eigenvalue weighted by Gasteiger charge is -2.28. The van der Waals surface area contributed by atoms with Crippen LogP contribution in [0.3, 0.4) is 0 Å². The summed E-state index contributed by atoms with van der Waals surface area (Å²) in [5.41, 5.74) is 3.69. The van der Waals surface area contributed by atoms with Crippen LogP contribution >= 0.6 is 0 Å². The first-order valence-corrected chi connectivity index (χ1v) is 13.1. The fraction of sp³-hybridized carbons (Fsp3) is 0.259. The average molecular weight is 477 g/mol. The quantitative estimate of drug-likeness (QED) is 0.468. The summed E-state index contributed by atoms with van der Waals surface area (Å²) in [5, 5.41) is 5.86. The van der Waals surface area contributed by atoms with Crippen molar-refractivity contribution < 1.29 is 18.0 Å². The lowest BCUT2D eigenvalue weighted by Crippen LogP contribution is -2.20. The van der Waals surface area contributed by atoms with Crippen molar-refractivity contribution in [3.63, 3.8) is 0 Å². The fourth-order valence-electron chi connectivity index (χ4n) is 4.00. The lowest BCUT2D eigenvalue weighted by molar-refractivity contribution is -0.115. The van der Waals surface area contributed by atoms with Crippen LogP contribution in [0.1, 0.15) is 53.6 Å². The van der Waals surface area contributed by atoms with Gasteiger partial charge in [-0.25, -0.2) is 8.42 Å². The van der Waals surface area contributed by atoms with E-state index >= 15 is 0 Å². The SMILES string of the molecule is CCS(=O)(=O)c1ccc(CC(=O)Nc2ccc(C(=O)Nc3ccccc3)c(C3CCC3)c2)cc1. The monoisotopic (exact) mass is 476 g/mol. The van der Waals surface area contributed by atoms with E-state index in [4.69, 9.17) is 0 Å². The first-order chi connectivity index (χ1) is 16.4. The van der Waals surface area contributed by atoms with E-state index in [1.54, 1.807) is 31.2 Å². The van der Waals surface area contributed by atoms with Crippen molar-refractivity contribution in [3.8, 4) is 0 Å². The van der Waals surface area contributed by atoms with Gasteiger partial charge in [0, 0.05) is 16.9 Å². The van der Waals surface area contributed by atoms with E-state index in [1.807, 2.05) is 36.4 Å². The molecule has 176 valence electrons. The van der Waals surface area contributed by atoms with E-state index in [-0.39, 0.29) is 28.9 Å². The smallest absolute Gasteiger partial charge is 0.255 e. The van der Waals surface area contributed by atoms with Crippen LogP contribution in [0.2, 0.25) is 0 Å². The van der Waals surface area contributed by atoms with Crippen LogP contribution in [0.5, 0.6) is 0 Å². The maximum absolute atomic E-state index is 12.9. The second kappa shape index (κ2) is 10.2. The highest BCUT2D eigenvalue weighted by Gasteiger charge is 2.25. The number of hydrogen-bond donors (Lipinski definition) is 2. The van der Waals surface area contributed by atoms with Gasteiger partial charge in [0.1, 0.15) is 0 Å². The normalized spacial score (nSPS) is 13.7. The van der Waals surface area contributed by atoms with Gasteiger partial charge in [0.15, 0.2) is 9.84 Å². The molecule has 0 heterocycles. The second-order valence-corrected chi connectivity index (χ2v) is 10.8. The number of nitrogens with one attached hydrogen (secondary N) is 2. The Balaban J connectivity index is 1.47. The van der Waals surface area contributed by atoms with Gasteiger partial charge in [-0.1, -0.05) is 43.7 Å². The molecule has 0 aromatic heterocycles. The maximum Gasteiger partial charge on any atom is 0.255 e. The van der Waals surface area contributed by atoms with Crippen molar-refractivity contribution >= 4 is 33.0 Å². The topological polar surface area (TPSA) is 92.3 Å². The molecule has 0 saturated heterocycles. The van der Waals surface area contributed by atoms with Crippen LogP contribution in [0.15, 0.2) is 77.7 Å². The summed E-state index contributed by atoms with van der Waals surface area (Å²) in [4.78, 5) is 25.8. The molecular weight excluding hydrogens is 448 g/mol. The van der Waals surface area contributed by atoms with Crippen molar-refractivity contribution in [2.24, 2.45) is 0 Å². The Kier molecular flexibility index (Phi) is 7.12. The molecule has 1 aliphatic carbocycles. The summed E-state index contributed by atoms with van der Waals surface area (Å²) in [5.74, 6) is -0.0168. The van der Waals surface area contributed by atoms with E-state index in [0.717, 1.165) is 36.1 Å². The van der Waals surface area contributed by atoms with Gasteiger partial charge in [-0.3, -0.25) is 9.59 Å². The van der Waals surface area contributed by atoms with Crippen LogP contribution in [-0.2, 0) is 21.1 Å². The minimum absolute atomic E-state index is 0.0372. The molecule has 6 nitrogen and oxygen atoms in total. The highest BCUT2D eigenvalue weighted by atomic mass is 32.2. The van der Waals surface area contributed by atoms with Crippen LogP contribution < -0.4 is 10.6 Å². The number of anilines is 2. The molecule has 0 aliphatic heterocycles. The molecule has 0 radical (unpaired) electrons. The van der Waals surface area contributed by atoms with Gasteiger partial charge >= 0.3 is 0 Å². The van der Waals surface area contributed by atoms with Crippen LogP contribution in [-0.4, -0.2) is 26.0 Å². The Morgan fingerprint density at radius 3 is 2.21 bits per heavy atom. The number of hydrogen-bond acceptors (Lipinski definition) is 4. The van der Waals surface area contributed by atoms with Gasteiger partial charge < -0.3 is 10.6 Å². The zero-order chi connectivity index (χ0) is 24.1. The van der Waals surface area contributed by atoms with Gasteiger partial charge in [-0.05, 0) is 72.4 Å². The highest BCUT2D eigenvalue weighted by molar-refractivity contribution is 7.91. The largest absolute Gasteiger partial charge is 0.326 e. The van der Waals surface area contributed by atoms with E-state index < -0.39 is 9.84 Å². The van der Waals surface area contributed by atoms with Gasteiger partial charge in [0.2, 0.25) is 5.91 Å². The summed E-state index contributed by atoms with van der Waals surface area (Å²) in [6, 6.07) is 21.2. The zero-order valence-electron chi connectivity index (χ0n) is 19.1. The summed E-state index contributed by atoms with van der Waals surface area (Å²) < 4.78 is 23.9. The molecule has 3 aromatic rings. The Morgan fingerprint density at radius 1 is 0.882 bits per heavy atom. The minimum Gasteiger partial charge on any atom is -0.326 e. The summed E-state index contributed by atoms with van der Waals surface area (Å²) >= 11 is 0. The Labute approximate surface area is 200 Å². The molecule has 0 spiro atoms. The van der Waals surface area contributed by atoms with Crippen LogP contribution in [0.4, 0.5) is 11.4 Å². The first-order valence-electron chi connectivity index (χ1n) is 11.5. The molecule has 34 heavy (non-hydrogen) atoms. The van der Waals surface area contributed by atoms with E-state index in [9.17, 15) is 18.0 Å². The van der Waals surface area contributed by atoms with Crippen molar-refractivity contribution in [1.82, 2.24) is 0 Å². The summed E-state index contributed by atoms with van der Waals surface area (Å²) in [6.45, 7) is 1.60. The molecule has 2 N–H and O–H groups in total. The number of carbonyl (C=O) groups is 2. The molecule has 3 aromatic carbocycles. The number of carbonyl (C=O) groups excluding carboxylic acids is 2. The van der Waals surface area contributed by atoms with Gasteiger partial charge in [-0.15, -0.1) is 0 Å². The molecule has 1 fully saturated rings. The molecule has 4 rings (SSSR count). The third kappa shape index (κ3) is 5.54. The molecular formula is C27H28N2O4S. The summed E-state index contributed by atoms with van der Waals surface area (Å²) in [7, 11) is -3.27. The third-order valence-corrected chi connectivity index (χ3v) is 7.93. The molecule has 0 atom stereocenters. The van der Waals surface area contributed by atoms with Crippen LogP contribution in [0, 0.1) is 0 Å². The van der Waals surface area contributed by atoms with Crippen molar-refractivity contribution in [2.75, 3.05) is 16.4 Å². The Bertz CT molecular complexity index is 1280. The predicted molar refractivity (Wildman–Crippen MR) is 134 cm³/mol. The van der Waals surface area contributed by atoms with Gasteiger partial charge in [-0.2, -0.15) is 0 Å². The molecule has 1 saturated carbocycles. The second-order valence-electron chi connectivity index (χ2n) is 8.52. The average Bonchev–Trinajstić information content (AvgIpc) is 2.79. The van der Waals surface area contributed by atoms with E-state index in [2.05, 4.69) is 10.6 Å². The number of sulfone groups is 1. The maximum atomic E-state index is 12.9. The molecule has 7 heteroatoms. The molecule has 0 unspecified atom stereocenters. The minimum atomic E-state index is -3.27. The predicted octanol–water partition coefficient (Wildman–Crippen LogP) is 5.18. The van der Waals surface area contributed by atoms with Crippen molar-refractivity contribution in [3.05, 3.63) is 89.5 Å². The Morgan fingerprint density at radius 2 is 1.59 bits per heavy atom. The fourth-order valence-corrected chi connectivity index (χ4v) is 4.88. The van der Waals surface area contributed by atoms with E-state index in [0.29, 0.717) is 17.2 Å². The molecule has 2 amide bonds. The number of amides is 2. The Hall–Kier alpha value is -3.45. The van der Waals surface area contributed by atoms with Gasteiger partial charge in [0.25, 0.3) is 5.91 Å². The first kappa shape index (κ1) is 23.7. The molecule has 1 aliphatic rings. The van der Waals surface area contributed by atoms with Crippen LogP contribution in [0.25, 0.3) is 0 Å². The number of rotatable bonds is 8. The highest BCUT2D eigenvalue weighted by Crippen LogP contribution is 2.39. The lowest BCUT2D eigenvalue weighted by atomic mass is 9.78. The standard InChI is InChI=1S/C27H28N2O4S/c1-2-34(32,33)23-14-11-19(12-15-23)17-26(30)28-22-13-16-24(25(18-22)20-7-6-8-20)27(31)29-21-9-4-3-5-10-21/h3-5,9-16,18,20H,2,6-8,17H2,1H3,(H,28,30)(H,29,31). The number of benzene rings is 3. The zero-order valence-corrected chi connectivity index (χ0v) is 19.9. The van der Waals surface area contributed by atoms with Gasteiger partial charge in [0.05, 0.1) is 17.1 Å². The van der Waals surface area contributed by atoms with Crippen molar-refractivity contribution in [2.45, 2.75) is 43.4 Å². The third-order valence-electron chi connectivity index (χ3n) is 6.18. The van der Waals surface area contributed by atoms with Crippen molar-refractivity contribution in [1.29, 1.82) is 0 Å². The van der Waals surface area contributed by atoms with E-state index in [1.165, 1.54) is 12.1 Å². The number of para-hydroxylation sites is 1. The molecule has 0 bridgehead atoms.